The molecule has 0 saturated carbocycles. The van der Waals surface area contributed by atoms with E-state index in [-0.39, 0.29) is 17.0 Å². The second-order valence-electron chi connectivity index (χ2n) is 6.59. The first-order chi connectivity index (χ1) is 8.37. The standard InChI is InChI=1S/C14H29N3O/c1-5-7-14(8-6-9-15-10-14)11-16-12(18)17-13(2,3)4/h15H,5-11H2,1-4H3,(H2,16,17,18). The van der Waals surface area contributed by atoms with Gasteiger partial charge in [0.2, 0.25) is 0 Å². The van der Waals surface area contributed by atoms with Crippen LogP contribution >= 0.6 is 0 Å². The van der Waals surface area contributed by atoms with Crippen LogP contribution in [0.3, 0.4) is 0 Å². The summed E-state index contributed by atoms with van der Waals surface area (Å²) < 4.78 is 0. The number of urea groups is 1. The second-order valence-corrected chi connectivity index (χ2v) is 6.59. The molecule has 0 spiro atoms. The molecule has 1 unspecified atom stereocenters. The highest BCUT2D eigenvalue weighted by atomic mass is 16.2. The predicted molar refractivity (Wildman–Crippen MR) is 75.7 cm³/mol. The van der Waals surface area contributed by atoms with Gasteiger partial charge in [-0.05, 0) is 46.6 Å². The van der Waals surface area contributed by atoms with Crippen LogP contribution in [-0.2, 0) is 0 Å². The topological polar surface area (TPSA) is 53.2 Å². The molecule has 0 aromatic heterocycles. The van der Waals surface area contributed by atoms with Crippen LogP contribution in [0, 0.1) is 5.41 Å². The summed E-state index contributed by atoms with van der Waals surface area (Å²) in [6.45, 7) is 11.1. The second kappa shape index (κ2) is 6.41. The van der Waals surface area contributed by atoms with Crippen LogP contribution in [0.4, 0.5) is 4.79 Å². The van der Waals surface area contributed by atoms with E-state index in [1.807, 2.05) is 20.8 Å². The number of hydrogen-bond donors (Lipinski definition) is 3. The highest BCUT2D eigenvalue weighted by molar-refractivity contribution is 5.74. The molecular formula is C14H29N3O. The first kappa shape index (κ1) is 15.3. The van der Waals surface area contributed by atoms with Gasteiger partial charge in [0.1, 0.15) is 0 Å². The summed E-state index contributed by atoms with van der Waals surface area (Å²) in [5, 5.41) is 9.45. The summed E-state index contributed by atoms with van der Waals surface area (Å²) in [5.41, 5.74) is 0.0784. The van der Waals surface area contributed by atoms with Crippen molar-refractivity contribution in [1.82, 2.24) is 16.0 Å². The van der Waals surface area contributed by atoms with Crippen molar-refractivity contribution in [3.8, 4) is 0 Å². The van der Waals surface area contributed by atoms with E-state index in [1.165, 1.54) is 25.7 Å². The fourth-order valence-corrected chi connectivity index (χ4v) is 2.67. The average molecular weight is 255 g/mol. The minimum Gasteiger partial charge on any atom is -0.338 e. The lowest BCUT2D eigenvalue weighted by atomic mass is 9.77. The number of hydrogen-bond acceptors (Lipinski definition) is 2. The molecule has 3 N–H and O–H groups in total. The van der Waals surface area contributed by atoms with Gasteiger partial charge in [-0.3, -0.25) is 0 Å². The van der Waals surface area contributed by atoms with Crippen LogP contribution in [0.25, 0.3) is 0 Å². The maximum atomic E-state index is 11.8. The molecular weight excluding hydrogens is 226 g/mol. The van der Waals surface area contributed by atoms with E-state index in [4.69, 9.17) is 0 Å². The van der Waals surface area contributed by atoms with Gasteiger partial charge in [0, 0.05) is 24.0 Å². The van der Waals surface area contributed by atoms with Crippen molar-refractivity contribution >= 4 is 6.03 Å². The lowest BCUT2D eigenvalue weighted by Crippen LogP contribution is -2.52. The van der Waals surface area contributed by atoms with Crippen molar-refractivity contribution in [2.75, 3.05) is 19.6 Å². The Bertz CT molecular complexity index is 259. The Kier molecular flexibility index (Phi) is 5.45. The number of rotatable bonds is 4. The molecule has 4 heteroatoms. The Hall–Kier alpha value is -0.770. The van der Waals surface area contributed by atoms with E-state index >= 15 is 0 Å². The summed E-state index contributed by atoms with van der Waals surface area (Å²) in [4.78, 5) is 11.8. The average Bonchev–Trinajstić information content (AvgIpc) is 2.26. The molecule has 2 amide bonds. The van der Waals surface area contributed by atoms with Crippen LogP contribution in [0.15, 0.2) is 0 Å². The highest BCUT2D eigenvalue weighted by Gasteiger charge is 2.31. The Balaban J connectivity index is 2.44. The normalized spacial score (nSPS) is 24.7. The molecule has 1 saturated heterocycles. The quantitative estimate of drug-likeness (QED) is 0.721. The predicted octanol–water partition coefficient (Wildman–Crippen LogP) is 2.25. The van der Waals surface area contributed by atoms with Crippen LogP contribution in [0.2, 0.25) is 0 Å². The molecule has 0 aromatic rings. The third kappa shape index (κ3) is 5.25. The van der Waals surface area contributed by atoms with Gasteiger partial charge < -0.3 is 16.0 Å². The number of piperidine rings is 1. The fourth-order valence-electron chi connectivity index (χ4n) is 2.67. The van der Waals surface area contributed by atoms with Crippen LogP contribution in [-0.4, -0.2) is 31.2 Å². The third-order valence-electron chi connectivity index (χ3n) is 3.45. The van der Waals surface area contributed by atoms with Gasteiger partial charge >= 0.3 is 6.03 Å². The van der Waals surface area contributed by atoms with E-state index in [9.17, 15) is 4.79 Å². The Labute approximate surface area is 111 Å². The van der Waals surface area contributed by atoms with E-state index in [1.54, 1.807) is 0 Å². The van der Waals surface area contributed by atoms with Gasteiger partial charge in [-0.1, -0.05) is 13.3 Å². The molecule has 1 heterocycles. The summed E-state index contributed by atoms with van der Waals surface area (Å²) in [6, 6.07) is -0.0523. The van der Waals surface area contributed by atoms with E-state index in [0.717, 1.165) is 19.6 Å². The Morgan fingerprint density at radius 1 is 1.39 bits per heavy atom. The van der Waals surface area contributed by atoms with Gasteiger partial charge in [-0.2, -0.15) is 0 Å². The zero-order valence-electron chi connectivity index (χ0n) is 12.4. The maximum absolute atomic E-state index is 11.8. The molecule has 1 fully saturated rings. The smallest absolute Gasteiger partial charge is 0.315 e. The molecule has 0 bridgehead atoms. The van der Waals surface area contributed by atoms with Gasteiger partial charge in [0.25, 0.3) is 0 Å². The lowest BCUT2D eigenvalue weighted by Gasteiger charge is -2.38. The molecule has 1 aliphatic heterocycles. The molecule has 106 valence electrons. The molecule has 4 nitrogen and oxygen atoms in total. The largest absolute Gasteiger partial charge is 0.338 e. The lowest BCUT2D eigenvalue weighted by molar-refractivity contribution is 0.178. The zero-order valence-corrected chi connectivity index (χ0v) is 12.4. The minimum absolute atomic E-state index is 0.0523. The zero-order chi connectivity index (χ0) is 13.6. The number of carbonyl (C=O) groups is 1. The van der Waals surface area contributed by atoms with E-state index in [0.29, 0.717) is 0 Å². The number of carbonyl (C=O) groups excluding carboxylic acids is 1. The fraction of sp³-hybridized carbons (Fsp3) is 0.929. The monoisotopic (exact) mass is 255 g/mol. The Morgan fingerprint density at radius 3 is 2.61 bits per heavy atom. The minimum atomic E-state index is -0.174. The van der Waals surface area contributed by atoms with Gasteiger partial charge in [-0.15, -0.1) is 0 Å². The van der Waals surface area contributed by atoms with Gasteiger partial charge in [-0.25, -0.2) is 4.79 Å². The maximum Gasteiger partial charge on any atom is 0.315 e. The molecule has 1 rings (SSSR count). The summed E-state index contributed by atoms with van der Waals surface area (Å²) in [7, 11) is 0. The summed E-state index contributed by atoms with van der Waals surface area (Å²) in [5.74, 6) is 0. The van der Waals surface area contributed by atoms with Crippen LogP contribution in [0.1, 0.15) is 53.4 Å². The van der Waals surface area contributed by atoms with Crippen LogP contribution in [0.5, 0.6) is 0 Å². The molecule has 0 aromatic carbocycles. The van der Waals surface area contributed by atoms with Gasteiger partial charge in [0.15, 0.2) is 0 Å². The molecule has 0 aliphatic carbocycles. The molecule has 0 radical (unpaired) electrons. The molecule has 1 atom stereocenters. The molecule has 1 aliphatic rings. The van der Waals surface area contributed by atoms with E-state index in [2.05, 4.69) is 22.9 Å². The SMILES string of the molecule is CCCC1(CNC(=O)NC(C)(C)C)CCCNC1. The summed E-state index contributed by atoms with van der Waals surface area (Å²) >= 11 is 0. The van der Waals surface area contributed by atoms with Crippen molar-refractivity contribution in [2.45, 2.75) is 58.9 Å². The Morgan fingerprint density at radius 2 is 2.11 bits per heavy atom. The molecule has 18 heavy (non-hydrogen) atoms. The third-order valence-corrected chi connectivity index (χ3v) is 3.45. The van der Waals surface area contributed by atoms with Crippen LogP contribution < -0.4 is 16.0 Å². The van der Waals surface area contributed by atoms with Gasteiger partial charge in [0.05, 0.1) is 0 Å². The number of amides is 2. The van der Waals surface area contributed by atoms with E-state index < -0.39 is 0 Å². The number of nitrogens with one attached hydrogen (secondary N) is 3. The summed E-state index contributed by atoms with van der Waals surface area (Å²) in [6.07, 6.45) is 4.77. The van der Waals surface area contributed by atoms with Crippen molar-refractivity contribution in [2.24, 2.45) is 5.41 Å². The first-order valence-corrected chi connectivity index (χ1v) is 7.14. The first-order valence-electron chi connectivity index (χ1n) is 7.14. The van der Waals surface area contributed by atoms with Crippen molar-refractivity contribution in [3.63, 3.8) is 0 Å². The van der Waals surface area contributed by atoms with Crippen molar-refractivity contribution in [3.05, 3.63) is 0 Å². The van der Waals surface area contributed by atoms with Crippen molar-refractivity contribution < 1.29 is 4.79 Å². The van der Waals surface area contributed by atoms with Crippen molar-refractivity contribution in [1.29, 1.82) is 0 Å². The highest BCUT2D eigenvalue weighted by Crippen LogP contribution is 2.30.